The zero-order valence-electron chi connectivity index (χ0n) is 12.0. The Bertz CT molecular complexity index is 701. The lowest BCUT2D eigenvalue weighted by Crippen LogP contribution is -2.47. The second-order valence-electron chi connectivity index (χ2n) is 5.34. The summed E-state index contributed by atoms with van der Waals surface area (Å²) in [6, 6.07) is 8.07. The van der Waals surface area contributed by atoms with Gasteiger partial charge in [-0.25, -0.2) is 0 Å². The van der Waals surface area contributed by atoms with Crippen LogP contribution < -0.4 is 15.4 Å². The van der Waals surface area contributed by atoms with E-state index in [2.05, 4.69) is 16.0 Å². The first-order valence-electron chi connectivity index (χ1n) is 7.09. The SMILES string of the molecule is COc1cccc2c(N3CC(CCN)C3)c(C#N)cnc12. The fourth-order valence-electron chi connectivity index (χ4n) is 2.94. The summed E-state index contributed by atoms with van der Waals surface area (Å²) in [5, 5.41) is 10.3. The number of methoxy groups -OCH3 is 1. The van der Waals surface area contributed by atoms with Crippen molar-refractivity contribution in [2.45, 2.75) is 6.42 Å². The number of benzene rings is 1. The van der Waals surface area contributed by atoms with Gasteiger partial charge in [0, 0.05) is 24.7 Å². The minimum atomic E-state index is 0.613. The first-order chi connectivity index (χ1) is 10.3. The van der Waals surface area contributed by atoms with E-state index >= 15 is 0 Å². The molecule has 0 bridgehead atoms. The van der Waals surface area contributed by atoms with Gasteiger partial charge < -0.3 is 15.4 Å². The van der Waals surface area contributed by atoms with Gasteiger partial charge in [0.1, 0.15) is 17.3 Å². The predicted molar refractivity (Wildman–Crippen MR) is 82.4 cm³/mol. The molecule has 1 aromatic heterocycles. The average Bonchev–Trinajstić information content (AvgIpc) is 2.49. The highest BCUT2D eigenvalue weighted by molar-refractivity contribution is 5.97. The summed E-state index contributed by atoms with van der Waals surface area (Å²) in [5.74, 6) is 1.35. The number of pyridine rings is 1. The van der Waals surface area contributed by atoms with Crippen LogP contribution in [0.1, 0.15) is 12.0 Å². The smallest absolute Gasteiger partial charge is 0.145 e. The van der Waals surface area contributed by atoms with Gasteiger partial charge in [0.25, 0.3) is 0 Å². The van der Waals surface area contributed by atoms with Gasteiger partial charge in [-0.2, -0.15) is 5.26 Å². The zero-order chi connectivity index (χ0) is 14.8. The number of nitrogens with zero attached hydrogens (tertiary/aromatic N) is 3. The quantitative estimate of drug-likeness (QED) is 0.927. The Labute approximate surface area is 123 Å². The Morgan fingerprint density at radius 2 is 2.29 bits per heavy atom. The van der Waals surface area contributed by atoms with Crippen molar-refractivity contribution in [3.8, 4) is 11.8 Å². The number of nitrogens with two attached hydrogens (primary N) is 1. The zero-order valence-corrected chi connectivity index (χ0v) is 12.0. The summed E-state index contributed by atoms with van der Waals surface area (Å²) >= 11 is 0. The van der Waals surface area contributed by atoms with Crippen molar-refractivity contribution < 1.29 is 4.74 Å². The van der Waals surface area contributed by atoms with Gasteiger partial charge in [0.05, 0.1) is 18.4 Å². The molecule has 0 atom stereocenters. The lowest BCUT2D eigenvalue weighted by molar-refractivity contribution is 0.390. The number of hydrogen-bond donors (Lipinski definition) is 1. The first-order valence-corrected chi connectivity index (χ1v) is 7.09. The Balaban J connectivity index is 2.06. The molecule has 0 spiro atoms. The average molecular weight is 282 g/mol. The van der Waals surface area contributed by atoms with Crippen LogP contribution in [0.25, 0.3) is 10.9 Å². The van der Waals surface area contributed by atoms with Crippen molar-refractivity contribution in [2.24, 2.45) is 11.7 Å². The maximum atomic E-state index is 9.37. The second kappa shape index (κ2) is 5.58. The van der Waals surface area contributed by atoms with E-state index in [1.54, 1.807) is 13.3 Å². The molecule has 0 radical (unpaired) electrons. The van der Waals surface area contributed by atoms with Gasteiger partial charge in [-0.3, -0.25) is 4.98 Å². The lowest BCUT2D eigenvalue weighted by atomic mass is 9.94. The van der Waals surface area contributed by atoms with Crippen molar-refractivity contribution in [1.29, 1.82) is 5.26 Å². The van der Waals surface area contributed by atoms with Gasteiger partial charge in [-0.1, -0.05) is 12.1 Å². The van der Waals surface area contributed by atoms with Crippen LogP contribution in [0.5, 0.6) is 5.75 Å². The highest BCUT2D eigenvalue weighted by Crippen LogP contribution is 2.37. The monoisotopic (exact) mass is 282 g/mol. The van der Waals surface area contributed by atoms with Crippen molar-refractivity contribution >= 4 is 16.6 Å². The standard InChI is InChI=1S/C16H18N4O/c1-21-14-4-2-3-13-15(14)19-8-12(7-18)16(13)20-9-11(10-20)5-6-17/h2-4,8,11H,5-6,9-10,17H2,1H3. The van der Waals surface area contributed by atoms with Gasteiger partial charge in [-0.15, -0.1) is 0 Å². The van der Waals surface area contributed by atoms with E-state index in [1.807, 2.05) is 18.2 Å². The van der Waals surface area contributed by atoms with E-state index in [9.17, 15) is 5.26 Å². The molecule has 1 aliphatic rings. The number of hydrogen-bond acceptors (Lipinski definition) is 5. The summed E-state index contributed by atoms with van der Waals surface area (Å²) in [4.78, 5) is 6.62. The van der Waals surface area contributed by atoms with Crippen LogP contribution in [-0.2, 0) is 0 Å². The molecule has 1 aromatic carbocycles. The molecule has 1 aliphatic heterocycles. The summed E-state index contributed by atoms with van der Waals surface area (Å²) in [7, 11) is 1.63. The Hall–Kier alpha value is -2.32. The number of ether oxygens (including phenoxy) is 1. The van der Waals surface area contributed by atoms with Gasteiger partial charge in [-0.05, 0) is 24.9 Å². The Kier molecular flexibility index (Phi) is 3.63. The van der Waals surface area contributed by atoms with Crippen LogP contribution in [-0.4, -0.2) is 31.7 Å². The molecule has 5 nitrogen and oxygen atoms in total. The molecule has 108 valence electrons. The van der Waals surface area contributed by atoms with E-state index in [4.69, 9.17) is 10.5 Å². The minimum absolute atomic E-state index is 0.613. The number of aromatic nitrogens is 1. The molecule has 2 heterocycles. The van der Waals surface area contributed by atoms with Crippen molar-refractivity contribution in [3.05, 3.63) is 30.0 Å². The molecule has 1 fully saturated rings. The van der Waals surface area contributed by atoms with E-state index in [0.717, 1.165) is 41.9 Å². The normalized spacial score (nSPS) is 14.8. The molecule has 0 amide bonds. The van der Waals surface area contributed by atoms with E-state index in [1.165, 1.54) is 0 Å². The van der Waals surface area contributed by atoms with Gasteiger partial charge >= 0.3 is 0 Å². The third-order valence-electron chi connectivity index (χ3n) is 4.02. The molecule has 0 saturated carbocycles. The van der Waals surface area contributed by atoms with Crippen LogP contribution in [0.2, 0.25) is 0 Å². The lowest BCUT2D eigenvalue weighted by Gasteiger charge is -2.42. The topological polar surface area (TPSA) is 75.2 Å². The molecule has 2 aromatic rings. The molecule has 3 rings (SSSR count). The second-order valence-corrected chi connectivity index (χ2v) is 5.34. The fraction of sp³-hybridized carbons (Fsp3) is 0.375. The molecular weight excluding hydrogens is 264 g/mol. The van der Waals surface area contributed by atoms with Gasteiger partial charge in [0.15, 0.2) is 0 Å². The van der Waals surface area contributed by atoms with Crippen LogP contribution in [0, 0.1) is 17.2 Å². The predicted octanol–water partition coefficient (Wildman–Crippen LogP) is 1.90. The molecule has 5 heteroatoms. The van der Waals surface area contributed by atoms with E-state index in [-0.39, 0.29) is 0 Å². The molecule has 21 heavy (non-hydrogen) atoms. The van der Waals surface area contributed by atoms with Crippen LogP contribution >= 0.6 is 0 Å². The third-order valence-corrected chi connectivity index (χ3v) is 4.02. The van der Waals surface area contributed by atoms with E-state index < -0.39 is 0 Å². The highest BCUT2D eigenvalue weighted by Gasteiger charge is 2.29. The number of anilines is 1. The van der Waals surface area contributed by atoms with Crippen molar-refractivity contribution in [3.63, 3.8) is 0 Å². The number of rotatable bonds is 4. The van der Waals surface area contributed by atoms with Crippen LogP contribution in [0.15, 0.2) is 24.4 Å². The largest absolute Gasteiger partial charge is 0.494 e. The fourth-order valence-corrected chi connectivity index (χ4v) is 2.94. The van der Waals surface area contributed by atoms with Gasteiger partial charge in [0.2, 0.25) is 0 Å². The Morgan fingerprint density at radius 1 is 1.48 bits per heavy atom. The van der Waals surface area contributed by atoms with Crippen molar-refractivity contribution in [1.82, 2.24) is 4.98 Å². The first kappa shape index (κ1) is 13.7. The van der Waals surface area contributed by atoms with Crippen molar-refractivity contribution in [2.75, 3.05) is 31.6 Å². The Morgan fingerprint density at radius 3 is 2.95 bits per heavy atom. The molecule has 0 unspecified atom stereocenters. The van der Waals surface area contributed by atoms with Crippen LogP contribution in [0.3, 0.4) is 0 Å². The van der Waals surface area contributed by atoms with Crippen LogP contribution in [0.4, 0.5) is 5.69 Å². The molecule has 0 aliphatic carbocycles. The maximum absolute atomic E-state index is 9.37. The summed E-state index contributed by atoms with van der Waals surface area (Å²) < 4.78 is 5.37. The molecular formula is C16H18N4O. The summed E-state index contributed by atoms with van der Waals surface area (Å²) in [6.45, 7) is 2.61. The number of fused-ring (bicyclic) bond motifs is 1. The summed E-state index contributed by atoms with van der Waals surface area (Å²) in [5.41, 5.74) is 7.99. The number of para-hydroxylation sites is 1. The molecule has 2 N–H and O–H groups in total. The maximum Gasteiger partial charge on any atom is 0.145 e. The minimum Gasteiger partial charge on any atom is -0.494 e. The highest BCUT2D eigenvalue weighted by atomic mass is 16.5. The number of nitriles is 1. The third kappa shape index (κ3) is 2.28. The summed E-state index contributed by atoms with van der Waals surface area (Å²) in [6.07, 6.45) is 2.67. The molecule has 1 saturated heterocycles. The van der Waals surface area contributed by atoms with E-state index in [0.29, 0.717) is 18.0 Å².